The predicted octanol–water partition coefficient (Wildman–Crippen LogP) is 2.53. The minimum absolute atomic E-state index is 0.317. The number of hydrogen-bond donors (Lipinski definition) is 3. The van der Waals surface area contributed by atoms with E-state index in [9.17, 15) is 4.79 Å². The van der Waals surface area contributed by atoms with Crippen molar-refractivity contribution < 1.29 is 4.79 Å². The van der Waals surface area contributed by atoms with Gasteiger partial charge in [0.1, 0.15) is 0 Å². The van der Waals surface area contributed by atoms with Crippen LogP contribution < -0.4 is 11.1 Å². The molecule has 0 saturated carbocycles. The molecule has 3 rings (SSSR count). The third-order valence-electron chi connectivity index (χ3n) is 2.97. The van der Waals surface area contributed by atoms with Gasteiger partial charge in [-0.3, -0.25) is 10.1 Å². The Morgan fingerprint density at radius 1 is 1.26 bits per heavy atom. The van der Waals surface area contributed by atoms with Gasteiger partial charge in [-0.1, -0.05) is 18.2 Å². The number of H-pyrrole nitrogens is 1. The molecule has 3 aromatic rings. The number of fused-ring (bicyclic) bond motifs is 1. The number of carbonyl (C=O) groups excluding carboxylic acids is 1. The maximum Gasteiger partial charge on any atom is 0.252 e. The number of carbonyl (C=O) groups is 1. The summed E-state index contributed by atoms with van der Waals surface area (Å²) in [7, 11) is 0. The normalized spacial score (nSPS) is 11.6. The van der Waals surface area contributed by atoms with E-state index in [0.717, 1.165) is 16.1 Å². The van der Waals surface area contributed by atoms with Crippen LogP contribution in [0.1, 0.15) is 0 Å². The van der Waals surface area contributed by atoms with Crippen LogP contribution in [0.5, 0.6) is 0 Å². The van der Waals surface area contributed by atoms with Crippen LogP contribution in [0.4, 0.5) is 5.95 Å². The average molecular weight is 325 g/mol. The molecule has 4 N–H and O–H groups in total. The van der Waals surface area contributed by atoms with Crippen LogP contribution in [0.15, 0.2) is 65.5 Å². The number of aromatic nitrogens is 3. The number of benzene rings is 1. The summed E-state index contributed by atoms with van der Waals surface area (Å²) in [5.41, 5.74) is 8.00. The monoisotopic (exact) mass is 325 g/mol. The Morgan fingerprint density at radius 3 is 2.87 bits per heavy atom. The fraction of sp³-hybridized carbons (Fsp3) is 0.0625. The first kappa shape index (κ1) is 15.1. The Morgan fingerprint density at radius 2 is 2.09 bits per heavy atom. The van der Waals surface area contributed by atoms with E-state index in [2.05, 4.69) is 20.3 Å². The van der Waals surface area contributed by atoms with Crippen LogP contribution in [-0.4, -0.2) is 26.6 Å². The molecular weight excluding hydrogens is 310 g/mol. The highest BCUT2D eigenvalue weighted by molar-refractivity contribution is 7.99. The van der Waals surface area contributed by atoms with Crippen LogP contribution in [0.2, 0.25) is 0 Å². The first-order valence-corrected chi connectivity index (χ1v) is 7.95. The molecule has 6 nitrogen and oxygen atoms in total. The fourth-order valence-corrected chi connectivity index (χ4v) is 2.67. The van der Waals surface area contributed by atoms with E-state index in [4.69, 9.17) is 5.73 Å². The van der Waals surface area contributed by atoms with E-state index >= 15 is 0 Å². The van der Waals surface area contributed by atoms with Gasteiger partial charge in [-0.05, 0) is 24.3 Å². The molecule has 1 amide bonds. The van der Waals surface area contributed by atoms with E-state index in [0.29, 0.717) is 17.4 Å². The molecule has 0 bridgehead atoms. The zero-order valence-corrected chi connectivity index (χ0v) is 13.0. The van der Waals surface area contributed by atoms with E-state index < -0.39 is 0 Å². The Kier molecular flexibility index (Phi) is 4.58. The van der Waals surface area contributed by atoms with Gasteiger partial charge >= 0.3 is 0 Å². The Labute approximate surface area is 137 Å². The molecule has 0 fully saturated rings. The summed E-state index contributed by atoms with van der Waals surface area (Å²) in [4.78, 5) is 23.5. The van der Waals surface area contributed by atoms with Gasteiger partial charge in [-0.25, -0.2) is 9.97 Å². The molecule has 0 radical (unpaired) electrons. The second-order valence-electron chi connectivity index (χ2n) is 4.77. The molecule has 7 heteroatoms. The molecular formula is C16H15N5OS. The molecule has 1 aromatic carbocycles. The van der Waals surface area contributed by atoms with Crippen LogP contribution in [0, 0.1) is 0 Å². The Bertz CT molecular complexity index is 811. The van der Waals surface area contributed by atoms with Crippen molar-refractivity contribution in [2.75, 3.05) is 11.1 Å². The second kappa shape index (κ2) is 6.97. The van der Waals surface area contributed by atoms with Crippen molar-refractivity contribution in [1.29, 1.82) is 0 Å². The second-order valence-corrected chi connectivity index (χ2v) is 5.76. The van der Waals surface area contributed by atoms with Crippen LogP contribution in [0.3, 0.4) is 0 Å². The molecule has 0 unspecified atom stereocenters. The van der Waals surface area contributed by atoms with E-state index in [1.165, 1.54) is 17.8 Å². The van der Waals surface area contributed by atoms with Gasteiger partial charge in [0, 0.05) is 23.7 Å². The van der Waals surface area contributed by atoms with Gasteiger partial charge < -0.3 is 10.7 Å². The summed E-state index contributed by atoms with van der Waals surface area (Å²) < 4.78 is 0. The van der Waals surface area contributed by atoms with Crippen molar-refractivity contribution >= 4 is 34.7 Å². The lowest BCUT2D eigenvalue weighted by Crippen LogP contribution is -2.13. The van der Waals surface area contributed by atoms with Crippen LogP contribution in [0.25, 0.3) is 11.0 Å². The van der Waals surface area contributed by atoms with E-state index in [-0.39, 0.29) is 5.91 Å². The molecule has 0 aliphatic carbocycles. The highest BCUT2D eigenvalue weighted by atomic mass is 32.2. The lowest BCUT2D eigenvalue weighted by atomic mass is 10.3. The Hall–Kier alpha value is -2.80. The smallest absolute Gasteiger partial charge is 0.252 e. The molecule has 23 heavy (non-hydrogen) atoms. The molecule has 0 saturated heterocycles. The molecule has 2 aromatic heterocycles. The zero-order valence-electron chi connectivity index (χ0n) is 12.2. The van der Waals surface area contributed by atoms with Crippen molar-refractivity contribution in [3.63, 3.8) is 0 Å². The highest BCUT2D eigenvalue weighted by Crippen LogP contribution is 2.16. The molecule has 2 heterocycles. The number of amides is 1. The first-order chi connectivity index (χ1) is 11.2. The van der Waals surface area contributed by atoms with Gasteiger partial charge in [0.25, 0.3) is 5.91 Å². The lowest BCUT2D eigenvalue weighted by molar-refractivity contribution is -0.112. The number of anilines is 1. The summed E-state index contributed by atoms with van der Waals surface area (Å²) in [5, 5.41) is 3.54. The lowest BCUT2D eigenvalue weighted by Gasteiger charge is -2.02. The fourth-order valence-electron chi connectivity index (χ4n) is 1.96. The predicted molar refractivity (Wildman–Crippen MR) is 92.0 cm³/mol. The van der Waals surface area contributed by atoms with Gasteiger partial charge in [0.2, 0.25) is 5.95 Å². The van der Waals surface area contributed by atoms with Crippen molar-refractivity contribution in [2.45, 2.75) is 5.03 Å². The van der Waals surface area contributed by atoms with Crippen molar-refractivity contribution in [3.8, 4) is 0 Å². The number of rotatable bonds is 5. The minimum atomic E-state index is -0.317. The zero-order chi connectivity index (χ0) is 16.1. The minimum Gasteiger partial charge on any atom is -0.401 e. The summed E-state index contributed by atoms with van der Waals surface area (Å²) in [6.07, 6.45) is 3.08. The Balaban J connectivity index is 1.59. The average Bonchev–Trinajstić information content (AvgIpc) is 2.96. The summed E-state index contributed by atoms with van der Waals surface area (Å²) >= 11 is 1.47. The summed E-state index contributed by atoms with van der Waals surface area (Å²) in [5.74, 6) is 0.575. The maximum atomic E-state index is 12.0. The first-order valence-electron chi connectivity index (χ1n) is 6.96. The van der Waals surface area contributed by atoms with E-state index in [1.54, 1.807) is 6.20 Å². The molecule has 0 aliphatic rings. The number of thioether (sulfide) groups is 1. The standard InChI is InChI=1S/C16H15N5OS/c17-11(10-23-15-7-3-4-8-18-15)9-14(22)21-16-19-12-5-1-2-6-13(12)20-16/h1-9H,10,17H2,(H2,19,20,21,22)/b11-9-. The van der Waals surface area contributed by atoms with Gasteiger partial charge in [-0.2, -0.15) is 0 Å². The number of para-hydroxylation sites is 2. The number of nitrogens with one attached hydrogen (secondary N) is 2. The molecule has 0 spiro atoms. The number of hydrogen-bond acceptors (Lipinski definition) is 5. The highest BCUT2D eigenvalue weighted by Gasteiger charge is 2.05. The van der Waals surface area contributed by atoms with Gasteiger partial charge in [-0.15, -0.1) is 11.8 Å². The topological polar surface area (TPSA) is 96.7 Å². The number of imidazole rings is 1. The van der Waals surface area contributed by atoms with Crippen molar-refractivity contribution in [2.24, 2.45) is 5.73 Å². The summed E-state index contributed by atoms with van der Waals surface area (Å²) in [6.45, 7) is 0. The third kappa shape index (κ3) is 4.10. The maximum absolute atomic E-state index is 12.0. The third-order valence-corrected chi connectivity index (χ3v) is 3.99. The number of aromatic amines is 1. The van der Waals surface area contributed by atoms with E-state index in [1.807, 2.05) is 42.5 Å². The summed E-state index contributed by atoms with van der Waals surface area (Å²) in [6, 6.07) is 13.2. The number of pyridine rings is 1. The SMILES string of the molecule is N/C(=C\C(=O)Nc1nc2ccccc2[nH]1)CSc1ccccn1. The largest absolute Gasteiger partial charge is 0.401 e. The number of nitrogens with two attached hydrogens (primary N) is 1. The number of nitrogens with zero attached hydrogens (tertiary/aromatic N) is 2. The molecule has 0 aliphatic heterocycles. The van der Waals surface area contributed by atoms with Crippen LogP contribution in [-0.2, 0) is 4.79 Å². The van der Waals surface area contributed by atoms with Gasteiger partial charge in [0.15, 0.2) is 0 Å². The van der Waals surface area contributed by atoms with Gasteiger partial charge in [0.05, 0.1) is 16.1 Å². The van der Waals surface area contributed by atoms with Crippen molar-refractivity contribution in [1.82, 2.24) is 15.0 Å². The van der Waals surface area contributed by atoms with Crippen LogP contribution >= 0.6 is 11.8 Å². The molecule has 0 atom stereocenters. The molecule has 116 valence electrons. The quantitative estimate of drug-likeness (QED) is 0.495. The van der Waals surface area contributed by atoms with Crippen molar-refractivity contribution in [3.05, 3.63) is 60.4 Å².